The molecule has 264 valence electrons. The minimum absolute atomic E-state index is 0.0436. The summed E-state index contributed by atoms with van der Waals surface area (Å²) in [6.45, 7) is 12.9. The molecular formula is C42H52FN5O2. The Morgan fingerprint density at radius 3 is 2.46 bits per heavy atom. The fourth-order valence-electron chi connectivity index (χ4n) is 8.84. The van der Waals surface area contributed by atoms with Crippen LogP contribution >= 0.6 is 0 Å². The number of anilines is 1. The lowest BCUT2D eigenvalue weighted by Gasteiger charge is -2.62. The molecule has 0 amide bonds. The lowest BCUT2D eigenvalue weighted by Crippen LogP contribution is -2.55. The number of nitrogens with one attached hydrogen (secondary N) is 2. The molecule has 2 bridgehead atoms. The van der Waals surface area contributed by atoms with Crippen molar-refractivity contribution in [3.05, 3.63) is 112 Å². The first-order valence-corrected chi connectivity index (χ1v) is 18.5. The van der Waals surface area contributed by atoms with E-state index in [0.717, 1.165) is 66.3 Å². The number of ether oxygens (including phenoxy) is 1. The third kappa shape index (κ3) is 7.05. The topological polar surface area (TPSA) is 71.4 Å². The fourth-order valence-corrected chi connectivity index (χ4v) is 8.84. The number of halogens is 1. The fraction of sp³-hybridized carbons (Fsp3) is 0.476. The van der Waals surface area contributed by atoms with Crippen LogP contribution in [-0.4, -0.2) is 47.2 Å². The lowest BCUT2D eigenvalue weighted by molar-refractivity contribution is -0.118. The number of fused-ring (bicyclic) bond motifs is 3. The second-order valence-electron chi connectivity index (χ2n) is 15.5. The minimum atomic E-state index is -0.263. The molecule has 1 aromatic heterocycles. The molecule has 7 nitrogen and oxygen atoms in total. The number of methoxy groups -OCH3 is 1. The van der Waals surface area contributed by atoms with Gasteiger partial charge in [0.25, 0.3) is 5.56 Å². The van der Waals surface area contributed by atoms with Crippen LogP contribution in [0.15, 0.2) is 83.4 Å². The van der Waals surface area contributed by atoms with Crippen molar-refractivity contribution < 1.29 is 9.13 Å². The van der Waals surface area contributed by atoms with Gasteiger partial charge in [0, 0.05) is 44.3 Å². The third-order valence-corrected chi connectivity index (χ3v) is 12.1. The predicted molar refractivity (Wildman–Crippen MR) is 200 cm³/mol. The van der Waals surface area contributed by atoms with Crippen LogP contribution in [0.3, 0.4) is 0 Å². The van der Waals surface area contributed by atoms with Gasteiger partial charge in [-0.15, -0.1) is 0 Å². The molecular weight excluding hydrogens is 625 g/mol. The molecule has 0 spiro atoms. The summed E-state index contributed by atoms with van der Waals surface area (Å²) in [5.74, 6) is 5.22. The molecule has 1 unspecified atom stereocenters. The predicted octanol–water partition coefficient (Wildman–Crippen LogP) is 7.44. The molecule has 3 saturated carbocycles. The van der Waals surface area contributed by atoms with E-state index in [1.54, 1.807) is 19.2 Å². The van der Waals surface area contributed by atoms with Gasteiger partial charge in [-0.25, -0.2) is 9.37 Å². The van der Waals surface area contributed by atoms with Crippen molar-refractivity contribution in [3.63, 3.8) is 0 Å². The van der Waals surface area contributed by atoms with E-state index in [2.05, 4.69) is 61.4 Å². The van der Waals surface area contributed by atoms with E-state index in [-0.39, 0.29) is 11.4 Å². The van der Waals surface area contributed by atoms with Gasteiger partial charge < -0.3 is 20.3 Å². The number of hydrogen-bond acceptors (Lipinski definition) is 6. The Labute approximate surface area is 295 Å². The Hall–Kier alpha value is -4.17. The SMILES string of the molecule is COc1ccc(CCc2nc3cc(N/C(=C/C4C[C@@H]5C[C@H]([C@@H]4C)C5(C)C)N4CCN[C@@H](C)C4)ccc3c(=O)n2CCc2ccc(F)cc2)cc1. The normalized spacial score (nSPS) is 24.6. The quantitative estimate of drug-likeness (QED) is 0.172. The van der Waals surface area contributed by atoms with Crippen LogP contribution in [0.25, 0.3) is 10.9 Å². The highest BCUT2D eigenvalue weighted by atomic mass is 19.1. The van der Waals surface area contributed by atoms with E-state index in [9.17, 15) is 9.18 Å². The highest BCUT2D eigenvalue weighted by molar-refractivity contribution is 5.81. The number of aromatic nitrogens is 2. The number of benzene rings is 3. The van der Waals surface area contributed by atoms with Gasteiger partial charge in [0.05, 0.1) is 18.0 Å². The molecule has 5 atom stereocenters. The van der Waals surface area contributed by atoms with Crippen molar-refractivity contribution >= 4 is 16.6 Å². The molecule has 3 aromatic carbocycles. The molecule has 3 aliphatic carbocycles. The zero-order chi connectivity index (χ0) is 35.0. The van der Waals surface area contributed by atoms with E-state index in [1.165, 1.54) is 30.8 Å². The number of aryl methyl sites for hydroxylation is 3. The molecule has 2 N–H and O–H groups in total. The number of hydrogen-bond donors (Lipinski definition) is 2. The Morgan fingerprint density at radius 2 is 1.76 bits per heavy atom. The summed E-state index contributed by atoms with van der Waals surface area (Å²) in [6.07, 6.45) is 7.08. The van der Waals surface area contributed by atoms with Crippen LogP contribution in [0.2, 0.25) is 0 Å². The van der Waals surface area contributed by atoms with Crippen LogP contribution in [-0.2, 0) is 25.8 Å². The maximum absolute atomic E-state index is 14.1. The molecule has 4 fully saturated rings. The van der Waals surface area contributed by atoms with Gasteiger partial charge in [0.1, 0.15) is 23.2 Å². The first-order valence-electron chi connectivity index (χ1n) is 18.5. The molecule has 50 heavy (non-hydrogen) atoms. The molecule has 0 radical (unpaired) electrons. The number of rotatable bonds is 11. The third-order valence-electron chi connectivity index (χ3n) is 12.1. The largest absolute Gasteiger partial charge is 0.497 e. The zero-order valence-electron chi connectivity index (χ0n) is 30.2. The summed E-state index contributed by atoms with van der Waals surface area (Å²) in [4.78, 5) is 21.8. The molecule has 2 heterocycles. The van der Waals surface area contributed by atoms with E-state index in [4.69, 9.17) is 9.72 Å². The number of nitrogens with zero attached hydrogens (tertiary/aromatic N) is 3. The Balaban J connectivity index is 1.20. The summed E-state index contributed by atoms with van der Waals surface area (Å²) in [7, 11) is 1.67. The second kappa shape index (κ2) is 14.2. The summed E-state index contributed by atoms with van der Waals surface area (Å²) < 4.78 is 20.7. The van der Waals surface area contributed by atoms with Crippen molar-refractivity contribution in [3.8, 4) is 5.75 Å². The van der Waals surface area contributed by atoms with Crippen LogP contribution in [0.4, 0.5) is 10.1 Å². The van der Waals surface area contributed by atoms with E-state index in [1.807, 2.05) is 34.9 Å². The number of piperazine rings is 1. The van der Waals surface area contributed by atoms with Gasteiger partial charge >= 0.3 is 0 Å². The molecule has 8 rings (SSSR count). The van der Waals surface area contributed by atoms with Gasteiger partial charge in [0.15, 0.2) is 0 Å². The van der Waals surface area contributed by atoms with E-state index in [0.29, 0.717) is 53.6 Å². The van der Waals surface area contributed by atoms with Crippen LogP contribution in [0.1, 0.15) is 57.5 Å². The maximum Gasteiger partial charge on any atom is 0.261 e. The molecule has 4 aliphatic rings. The average molecular weight is 678 g/mol. The summed E-state index contributed by atoms with van der Waals surface area (Å²) >= 11 is 0. The zero-order valence-corrected chi connectivity index (χ0v) is 30.2. The van der Waals surface area contributed by atoms with Gasteiger partial charge in [-0.05, 0) is 121 Å². The smallest absolute Gasteiger partial charge is 0.261 e. The minimum Gasteiger partial charge on any atom is -0.497 e. The summed E-state index contributed by atoms with van der Waals surface area (Å²) in [5, 5.41) is 8.02. The standard InChI is InChI=1S/C42H52FN5O2/c1-27-26-47(21-19-44-27)40(23-31-22-32-24-37(28(31)2)42(32,3)4)45-34-13-16-36-38(25-34)46-39(17-10-29-8-14-35(50-5)15-9-29)48(41(36)49)20-18-30-6-11-33(43)12-7-30/h6-9,11-16,23,25,27-28,31-32,37,44-45H,10,17-22,24,26H2,1-5H3/b40-23-/t27-,28+,31?,32+,37+/m0/s1. The lowest BCUT2D eigenvalue weighted by atomic mass is 9.43. The average Bonchev–Trinajstić information content (AvgIpc) is 3.11. The van der Waals surface area contributed by atoms with Crippen LogP contribution < -0.4 is 20.9 Å². The monoisotopic (exact) mass is 677 g/mol. The molecule has 8 heteroatoms. The summed E-state index contributed by atoms with van der Waals surface area (Å²) in [5.41, 5.74) is 4.18. The Morgan fingerprint density at radius 1 is 1.02 bits per heavy atom. The van der Waals surface area contributed by atoms with Crippen LogP contribution in [0.5, 0.6) is 5.75 Å². The van der Waals surface area contributed by atoms with Crippen molar-refractivity contribution in [2.24, 2.45) is 29.1 Å². The second-order valence-corrected chi connectivity index (χ2v) is 15.5. The Bertz CT molecular complexity index is 1900. The molecule has 1 aliphatic heterocycles. The maximum atomic E-state index is 14.1. The highest BCUT2D eigenvalue weighted by Crippen LogP contribution is 2.63. The van der Waals surface area contributed by atoms with E-state index < -0.39 is 0 Å². The van der Waals surface area contributed by atoms with Gasteiger partial charge in [-0.2, -0.15) is 0 Å². The van der Waals surface area contributed by atoms with Gasteiger partial charge in [-0.3, -0.25) is 9.36 Å². The first-order chi connectivity index (χ1) is 24.1. The molecule has 4 aromatic rings. The van der Waals surface area contributed by atoms with Crippen molar-refractivity contribution in [2.45, 2.75) is 72.4 Å². The highest BCUT2D eigenvalue weighted by Gasteiger charge is 2.55. The van der Waals surface area contributed by atoms with Crippen molar-refractivity contribution in [1.82, 2.24) is 19.8 Å². The molecule has 1 saturated heterocycles. The van der Waals surface area contributed by atoms with E-state index >= 15 is 0 Å². The van der Waals surface area contributed by atoms with Gasteiger partial charge in [-0.1, -0.05) is 45.0 Å². The van der Waals surface area contributed by atoms with Crippen LogP contribution in [0, 0.1) is 34.9 Å². The van der Waals surface area contributed by atoms with Crippen molar-refractivity contribution in [1.29, 1.82) is 0 Å². The first kappa shape index (κ1) is 34.3. The Kier molecular flexibility index (Phi) is 9.75. The summed E-state index contributed by atoms with van der Waals surface area (Å²) in [6, 6.07) is 21.0. The van der Waals surface area contributed by atoms with Crippen molar-refractivity contribution in [2.75, 3.05) is 32.1 Å². The number of allylic oxidation sites excluding steroid dienone is 1. The van der Waals surface area contributed by atoms with Gasteiger partial charge in [0.2, 0.25) is 0 Å².